The molecule has 0 bridgehead atoms. The molecule has 0 spiro atoms. The maximum Gasteiger partial charge on any atom is 0.273 e. The van der Waals surface area contributed by atoms with Crippen LogP contribution in [0.15, 0.2) is 35.1 Å². The summed E-state index contributed by atoms with van der Waals surface area (Å²) >= 11 is 6.54. The summed E-state index contributed by atoms with van der Waals surface area (Å²) in [7, 11) is 0. The van der Waals surface area contributed by atoms with Crippen LogP contribution in [0.25, 0.3) is 10.3 Å². The topological polar surface area (TPSA) is 68.9 Å². The molecule has 3 aromatic rings. The van der Waals surface area contributed by atoms with E-state index in [-0.39, 0.29) is 18.0 Å². The third-order valence-electron chi connectivity index (χ3n) is 3.92. The van der Waals surface area contributed by atoms with Crippen LogP contribution >= 0.6 is 23.6 Å². The van der Waals surface area contributed by atoms with Crippen LogP contribution in [-0.4, -0.2) is 20.0 Å². The van der Waals surface area contributed by atoms with Crippen molar-refractivity contribution in [2.75, 3.05) is 0 Å². The van der Waals surface area contributed by atoms with Gasteiger partial charge in [0.1, 0.15) is 17.1 Å². The quantitative estimate of drug-likeness (QED) is 0.697. The second-order valence-corrected chi connectivity index (χ2v) is 7.22. The second-order valence-electron chi connectivity index (χ2n) is 5.58. The summed E-state index contributed by atoms with van der Waals surface area (Å²) < 4.78 is 4.35. The van der Waals surface area contributed by atoms with Gasteiger partial charge in [-0.25, -0.2) is 4.98 Å². The Morgan fingerprint density at radius 2 is 2.00 bits per heavy atom. The van der Waals surface area contributed by atoms with E-state index in [1.807, 2.05) is 41.8 Å². The highest BCUT2D eigenvalue weighted by molar-refractivity contribution is 7.73. The molecule has 0 radical (unpaired) electrons. The van der Waals surface area contributed by atoms with Gasteiger partial charge in [-0.15, -0.1) is 0 Å². The Morgan fingerprint density at radius 3 is 2.68 bits per heavy atom. The standard InChI is InChI=1S/C17H18N4O2S2/c1-3-20-15-14(25-17(20)24)16(23)21(11(2)19-15)10-13(22)18-9-12-7-5-4-6-8-12/h4-8H,3,9-10H2,1-2H3,(H,18,22). The van der Waals surface area contributed by atoms with Gasteiger partial charge in [0, 0.05) is 13.1 Å². The van der Waals surface area contributed by atoms with Gasteiger partial charge < -0.3 is 9.88 Å². The van der Waals surface area contributed by atoms with Crippen LogP contribution in [0.1, 0.15) is 18.3 Å². The zero-order chi connectivity index (χ0) is 18.0. The van der Waals surface area contributed by atoms with Gasteiger partial charge in [-0.3, -0.25) is 14.2 Å². The molecule has 0 aliphatic carbocycles. The summed E-state index contributed by atoms with van der Waals surface area (Å²) in [5.41, 5.74) is 1.38. The third-order valence-corrected chi connectivity index (χ3v) is 5.34. The number of rotatable bonds is 5. The number of carbonyl (C=O) groups excluding carboxylic acids is 1. The van der Waals surface area contributed by atoms with Crippen LogP contribution in [-0.2, 0) is 24.4 Å². The predicted molar refractivity (Wildman–Crippen MR) is 101 cm³/mol. The molecule has 2 heterocycles. The normalized spacial score (nSPS) is 11.0. The Labute approximate surface area is 153 Å². The van der Waals surface area contributed by atoms with Gasteiger partial charge in [0.15, 0.2) is 9.60 Å². The zero-order valence-corrected chi connectivity index (χ0v) is 15.6. The van der Waals surface area contributed by atoms with Crippen LogP contribution in [0.5, 0.6) is 0 Å². The molecule has 1 amide bonds. The number of nitrogens with zero attached hydrogens (tertiary/aromatic N) is 3. The van der Waals surface area contributed by atoms with E-state index in [0.717, 1.165) is 5.56 Å². The van der Waals surface area contributed by atoms with Gasteiger partial charge in [0.25, 0.3) is 5.56 Å². The number of hydrogen-bond acceptors (Lipinski definition) is 5. The minimum absolute atomic E-state index is 0.0583. The van der Waals surface area contributed by atoms with Gasteiger partial charge in [0.05, 0.1) is 0 Å². The van der Waals surface area contributed by atoms with Gasteiger partial charge >= 0.3 is 0 Å². The number of thiazole rings is 1. The maximum atomic E-state index is 12.7. The molecule has 0 atom stereocenters. The first-order valence-electron chi connectivity index (χ1n) is 7.92. The number of nitrogens with one attached hydrogen (secondary N) is 1. The summed E-state index contributed by atoms with van der Waals surface area (Å²) in [6, 6.07) is 9.63. The molecule has 8 heteroatoms. The molecule has 1 N–H and O–H groups in total. The van der Waals surface area contributed by atoms with E-state index in [9.17, 15) is 9.59 Å². The highest BCUT2D eigenvalue weighted by Gasteiger charge is 2.15. The molecule has 3 rings (SSSR count). The fourth-order valence-electron chi connectivity index (χ4n) is 2.59. The van der Waals surface area contributed by atoms with Crippen molar-refractivity contribution in [2.24, 2.45) is 0 Å². The molecule has 0 fully saturated rings. The number of aromatic nitrogens is 3. The fraction of sp³-hybridized carbons (Fsp3) is 0.294. The van der Waals surface area contributed by atoms with Crippen molar-refractivity contribution >= 4 is 39.8 Å². The van der Waals surface area contributed by atoms with Gasteiger partial charge in [-0.2, -0.15) is 0 Å². The fourth-order valence-corrected chi connectivity index (χ4v) is 4.00. The highest BCUT2D eigenvalue weighted by Crippen LogP contribution is 2.18. The van der Waals surface area contributed by atoms with E-state index in [4.69, 9.17) is 12.2 Å². The summed E-state index contributed by atoms with van der Waals surface area (Å²) in [5, 5.41) is 2.83. The first-order chi connectivity index (χ1) is 12.0. The van der Waals surface area contributed by atoms with Gasteiger partial charge in [0.2, 0.25) is 5.91 Å². The second kappa shape index (κ2) is 7.28. The lowest BCUT2D eigenvalue weighted by Gasteiger charge is -2.10. The molecule has 0 saturated heterocycles. The van der Waals surface area contributed by atoms with E-state index in [0.29, 0.717) is 33.2 Å². The van der Waals surface area contributed by atoms with E-state index >= 15 is 0 Å². The number of hydrogen-bond donors (Lipinski definition) is 1. The van der Waals surface area contributed by atoms with Crippen LogP contribution in [0.4, 0.5) is 0 Å². The first-order valence-corrected chi connectivity index (χ1v) is 9.15. The number of fused-ring (bicyclic) bond motifs is 1. The van der Waals surface area contributed by atoms with Crippen molar-refractivity contribution in [3.05, 3.63) is 56.0 Å². The lowest BCUT2D eigenvalue weighted by molar-refractivity contribution is -0.121. The number of benzene rings is 1. The van der Waals surface area contributed by atoms with Crippen LogP contribution in [0.2, 0.25) is 0 Å². The zero-order valence-electron chi connectivity index (χ0n) is 14.0. The summed E-state index contributed by atoms with van der Waals surface area (Å²) in [4.78, 5) is 29.5. The Morgan fingerprint density at radius 1 is 1.28 bits per heavy atom. The summed E-state index contributed by atoms with van der Waals surface area (Å²) in [6.45, 7) is 4.71. The first kappa shape index (κ1) is 17.5. The Kier molecular flexibility index (Phi) is 5.10. The van der Waals surface area contributed by atoms with Crippen molar-refractivity contribution in [2.45, 2.75) is 33.5 Å². The smallest absolute Gasteiger partial charge is 0.273 e. The van der Waals surface area contributed by atoms with Gasteiger partial charge in [-0.05, 0) is 31.6 Å². The van der Waals surface area contributed by atoms with E-state index in [1.54, 1.807) is 6.92 Å². The van der Waals surface area contributed by atoms with E-state index in [1.165, 1.54) is 15.9 Å². The van der Waals surface area contributed by atoms with Crippen molar-refractivity contribution < 1.29 is 4.79 Å². The summed E-state index contributed by atoms with van der Waals surface area (Å²) in [5.74, 6) is 0.274. The van der Waals surface area contributed by atoms with Crippen molar-refractivity contribution in [3.63, 3.8) is 0 Å². The highest BCUT2D eigenvalue weighted by atomic mass is 32.1. The average molecular weight is 374 g/mol. The SMILES string of the molecule is CCn1c(=S)sc2c(=O)n(CC(=O)NCc3ccccc3)c(C)nc21. The number of carbonyl (C=O) groups is 1. The lowest BCUT2D eigenvalue weighted by atomic mass is 10.2. The van der Waals surface area contributed by atoms with E-state index in [2.05, 4.69) is 10.3 Å². The Bertz CT molecular complexity index is 1030. The molecule has 0 aliphatic rings. The van der Waals surface area contributed by atoms with E-state index < -0.39 is 0 Å². The van der Waals surface area contributed by atoms with Gasteiger partial charge in [-0.1, -0.05) is 41.7 Å². The molecule has 2 aromatic heterocycles. The molecule has 0 saturated carbocycles. The molecule has 1 aromatic carbocycles. The maximum absolute atomic E-state index is 12.7. The van der Waals surface area contributed by atoms with Crippen molar-refractivity contribution in [1.29, 1.82) is 0 Å². The molecule has 0 unspecified atom stereocenters. The van der Waals surface area contributed by atoms with Crippen LogP contribution in [0, 0.1) is 10.9 Å². The average Bonchev–Trinajstić information content (AvgIpc) is 2.93. The Hall–Kier alpha value is -2.32. The molecule has 0 aliphatic heterocycles. The monoisotopic (exact) mass is 374 g/mol. The van der Waals surface area contributed by atoms with Crippen molar-refractivity contribution in [3.8, 4) is 0 Å². The number of aryl methyl sites for hydroxylation is 2. The van der Waals surface area contributed by atoms with Crippen molar-refractivity contribution in [1.82, 2.24) is 19.4 Å². The molecule has 6 nitrogen and oxygen atoms in total. The molecule has 130 valence electrons. The molecular formula is C17H18N4O2S2. The summed E-state index contributed by atoms with van der Waals surface area (Å²) in [6.07, 6.45) is 0. The largest absolute Gasteiger partial charge is 0.350 e. The molecule has 25 heavy (non-hydrogen) atoms. The Balaban J connectivity index is 1.85. The van der Waals surface area contributed by atoms with Crippen LogP contribution in [0.3, 0.4) is 0 Å². The minimum Gasteiger partial charge on any atom is -0.350 e. The lowest BCUT2D eigenvalue weighted by Crippen LogP contribution is -2.33. The number of amides is 1. The van der Waals surface area contributed by atoms with Crippen LogP contribution < -0.4 is 10.9 Å². The predicted octanol–water partition coefficient (Wildman–Crippen LogP) is 2.63. The third kappa shape index (κ3) is 3.54. The molecular weight excluding hydrogens is 356 g/mol. The minimum atomic E-state index is -0.228.